The molecule has 0 amide bonds. The second kappa shape index (κ2) is 2.79. The third kappa shape index (κ3) is 1.09. The van der Waals surface area contributed by atoms with E-state index in [9.17, 15) is 9.90 Å². The molecule has 0 saturated heterocycles. The van der Waals surface area contributed by atoms with Gasteiger partial charge in [0.05, 0.1) is 5.60 Å². The zero-order chi connectivity index (χ0) is 12.7. The van der Waals surface area contributed by atoms with E-state index in [4.69, 9.17) is 0 Å². The minimum absolute atomic E-state index is 0.172. The number of rotatable bonds is 0. The highest BCUT2D eigenvalue weighted by Gasteiger charge is 2.74. The summed E-state index contributed by atoms with van der Waals surface area (Å²) in [6.07, 6.45) is 4.23. The lowest BCUT2D eigenvalue weighted by Crippen LogP contribution is -2.63. The van der Waals surface area contributed by atoms with Crippen molar-refractivity contribution < 1.29 is 9.90 Å². The van der Waals surface area contributed by atoms with Crippen LogP contribution in [0.1, 0.15) is 59.8 Å². The Morgan fingerprint density at radius 2 is 1.82 bits per heavy atom. The standard InChI is InChI=1S/C15H24O2/c1-12(2)9-15(17)13(3)6-5-11(12)14(15,4)8-10(16)7-13/h11,17H,5-9H2,1-4H3/t11-,13-,14-,15+/m0/s1. The summed E-state index contributed by atoms with van der Waals surface area (Å²) in [5, 5.41) is 11.3. The van der Waals surface area contributed by atoms with Gasteiger partial charge in [0.2, 0.25) is 0 Å². The van der Waals surface area contributed by atoms with E-state index in [1.54, 1.807) is 0 Å². The van der Waals surface area contributed by atoms with Crippen LogP contribution in [0.25, 0.3) is 0 Å². The number of hydrogen-bond donors (Lipinski definition) is 1. The molecule has 3 rings (SSSR count). The van der Waals surface area contributed by atoms with Gasteiger partial charge in [-0.3, -0.25) is 4.79 Å². The topological polar surface area (TPSA) is 37.3 Å². The molecule has 0 aromatic heterocycles. The fraction of sp³-hybridized carbons (Fsp3) is 0.933. The molecule has 0 unspecified atom stereocenters. The van der Waals surface area contributed by atoms with E-state index in [-0.39, 0.29) is 16.2 Å². The maximum atomic E-state index is 12.0. The molecule has 3 fully saturated rings. The Labute approximate surface area is 104 Å². The first kappa shape index (κ1) is 11.7. The molecule has 2 nitrogen and oxygen atoms in total. The van der Waals surface area contributed by atoms with Crippen molar-refractivity contribution in [1.82, 2.24) is 0 Å². The van der Waals surface area contributed by atoms with Crippen molar-refractivity contribution in [2.45, 2.75) is 65.4 Å². The summed E-state index contributed by atoms with van der Waals surface area (Å²) in [7, 11) is 0. The molecule has 0 aromatic rings. The Hall–Kier alpha value is -0.370. The monoisotopic (exact) mass is 236 g/mol. The number of aliphatic hydroxyl groups is 1. The minimum atomic E-state index is -0.625. The Bertz CT molecular complexity index is 400. The fourth-order valence-electron chi connectivity index (χ4n) is 5.83. The third-order valence-corrected chi connectivity index (χ3v) is 6.50. The molecule has 3 saturated carbocycles. The zero-order valence-electron chi connectivity index (χ0n) is 11.5. The Kier molecular flexibility index (Phi) is 1.92. The van der Waals surface area contributed by atoms with Crippen LogP contribution >= 0.6 is 0 Å². The second-order valence-corrected chi connectivity index (χ2v) is 7.99. The molecule has 3 aliphatic carbocycles. The SMILES string of the molecule is CC1(C)C[C@@]2(O)[C@@]3(C)CC[C@@H]1[C@]2(C)CC(=O)C3. The number of hydrogen-bond acceptors (Lipinski definition) is 2. The van der Waals surface area contributed by atoms with E-state index in [0.717, 1.165) is 12.8 Å². The molecule has 0 aliphatic heterocycles. The number of carbonyl (C=O) groups is 1. The first-order valence-corrected chi connectivity index (χ1v) is 6.89. The summed E-state index contributed by atoms with van der Waals surface area (Å²) in [5.41, 5.74) is -0.813. The predicted molar refractivity (Wildman–Crippen MR) is 66.5 cm³/mol. The molecule has 2 heteroatoms. The van der Waals surface area contributed by atoms with E-state index in [1.807, 2.05) is 0 Å². The fourth-order valence-corrected chi connectivity index (χ4v) is 5.83. The largest absolute Gasteiger partial charge is 0.389 e. The van der Waals surface area contributed by atoms with Crippen LogP contribution in [0.2, 0.25) is 0 Å². The van der Waals surface area contributed by atoms with Crippen molar-refractivity contribution >= 4 is 5.78 Å². The van der Waals surface area contributed by atoms with Crippen molar-refractivity contribution in [1.29, 1.82) is 0 Å². The van der Waals surface area contributed by atoms with Gasteiger partial charge < -0.3 is 5.11 Å². The molecule has 0 heterocycles. The van der Waals surface area contributed by atoms with Gasteiger partial charge in [-0.1, -0.05) is 27.7 Å². The van der Waals surface area contributed by atoms with Gasteiger partial charge in [0, 0.05) is 23.7 Å². The van der Waals surface area contributed by atoms with Gasteiger partial charge in [-0.25, -0.2) is 0 Å². The van der Waals surface area contributed by atoms with Crippen LogP contribution < -0.4 is 0 Å². The number of ketones is 1. The molecule has 0 radical (unpaired) electrons. The van der Waals surface area contributed by atoms with Crippen LogP contribution in [0.15, 0.2) is 0 Å². The normalized spacial score (nSPS) is 56.1. The highest BCUT2D eigenvalue weighted by Crippen LogP contribution is 2.74. The van der Waals surface area contributed by atoms with Crippen molar-refractivity contribution in [3.8, 4) is 0 Å². The highest BCUT2D eigenvalue weighted by molar-refractivity contribution is 5.82. The molecule has 0 spiro atoms. The lowest BCUT2D eigenvalue weighted by atomic mass is 9.46. The van der Waals surface area contributed by atoms with Crippen LogP contribution in [-0.2, 0) is 4.79 Å². The molecular formula is C15H24O2. The maximum Gasteiger partial charge on any atom is 0.134 e. The predicted octanol–water partition coefficient (Wildman–Crippen LogP) is 2.93. The Morgan fingerprint density at radius 3 is 2.47 bits per heavy atom. The van der Waals surface area contributed by atoms with Crippen molar-refractivity contribution in [3.05, 3.63) is 0 Å². The molecular weight excluding hydrogens is 212 g/mol. The lowest BCUT2D eigenvalue weighted by Gasteiger charge is -2.60. The molecule has 17 heavy (non-hydrogen) atoms. The zero-order valence-corrected chi connectivity index (χ0v) is 11.5. The van der Waals surface area contributed by atoms with Gasteiger partial charge >= 0.3 is 0 Å². The van der Waals surface area contributed by atoms with Gasteiger partial charge in [-0.05, 0) is 30.6 Å². The van der Waals surface area contributed by atoms with E-state index in [2.05, 4.69) is 27.7 Å². The molecule has 96 valence electrons. The molecule has 3 aliphatic rings. The van der Waals surface area contributed by atoms with Crippen molar-refractivity contribution in [3.63, 3.8) is 0 Å². The summed E-state index contributed by atoms with van der Waals surface area (Å²) in [6.45, 7) is 8.85. The van der Waals surface area contributed by atoms with Gasteiger partial charge in [-0.15, -0.1) is 0 Å². The second-order valence-electron chi connectivity index (χ2n) is 7.99. The molecule has 0 aromatic carbocycles. The van der Waals surface area contributed by atoms with Crippen LogP contribution in [-0.4, -0.2) is 16.5 Å². The van der Waals surface area contributed by atoms with Crippen LogP contribution in [0.4, 0.5) is 0 Å². The Balaban J connectivity index is 2.20. The van der Waals surface area contributed by atoms with Gasteiger partial charge in [0.15, 0.2) is 0 Å². The van der Waals surface area contributed by atoms with E-state index >= 15 is 0 Å². The molecule has 1 N–H and O–H groups in total. The summed E-state index contributed by atoms with van der Waals surface area (Å²) in [6, 6.07) is 0. The number of Topliss-reactive ketones (excluding diaryl/α,β-unsaturated/α-hetero) is 1. The molecule has 4 bridgehead atoms. The summed E-state index contributed by atoms with van der Waals surface area (Å²) < 4.78 is 0. The summed E-state index contributed by atoms with van der Waals surface area (Å²) in [4.78, 5) is 12.0. The summed E-state index contributed by atoms with van der Waals surface area (Å²) >= 11 is 0. The quantitative estimate of drug-likeness (QED) is 0.702. The number of carbonyl (C=O) groups excluding carboxylic acids is 1. The van der Waals surface area contributed by atoms with E-state index in [1.165, 1.54) is 6.42 Å². The average molecular weight is 236 g/mol. The first-order chi connectivity index (χ1) is 7.65. The van der Waals surface area contributed by atoms with Gasteiger partial charge in [0.1, 0.15) is 5.78 Å². The van der Waals surface area contributed by atoms with Gasteiger partial charge in [0.25, 0.3) is 0 Å². The average Bonchev–Trinajstić information content (AvgIpc) is 2.19. The smallest absolute Gasteiger partial charge is 0.134 e. The Morgan fingerprint density at radius 1 is 1.18 bits per heavy atom. The first-order valence-electron chi connectivity index (χ1n) is 6.89. The van der Waals surface area contributed by atoms with E-state index in [0.29, 0.717) is 24.5 Å². The van der Waals surface area contributed by atoms with Crippen LogP contribution in [0.5, 0.6) is 0 Å². The van der Waals surface area contributed by atoms with Crippen LogP contribution in [0.3, 0.4) is 0 Å². The van der Waals surface area contributed by atoms with Crippen LogP contribution in [0, 0.1) is 22.2 Å². The minimum Gasteiger partial charge on any atom is -0.389 e. The maximum absolute atomic E-state index is 12.0. The van der Waals surface area contributed by atoms with Gasteiger partial charge in [-0.2, -0.15) is 0 Å². The lowest BCUT2D eigenvalue weighted by molar-refractivity contribution is -0.206. The van der Waals surface area contributed by atoms with Crippen molar-refractivity contribution in [2.75, 3.05) is 0 Å². The van der Waals surface area contributed by atoms with Crippen molar-refractivity contribution in [2.24, 2.45) is 22.2 Å². The highest BCUT2D eigenvalue weighted by atomic mass is 16.3. The third-order valence-electron chi connectivity index (χ3n) is 6.50. The summed E-state index contributed by atoms with van der Waals surface area (Å²) in [5.74, 6) is 0.861. The molecule has 4 atom stereocenters. The van der Waals surface area contributed by atoms with E-state index < -0.39 is 5.60 Å².